The molecule has 2 N–H and O–H groups in total. The van der Waals surface area contributed by atoms with E-state index >= 15 is 0 Å². The normalized spacial score (nSPS) is 11.4. The highest BCUT2D eigenvalue weighted by Crippen LogP contribution is 2.28. The van der Waals surface area contributed by atoms with Crippen molar-refractivity contribution in [3.05, 3.63) is 103 Å². The summed E-state index contributed by atoms with van der Waals surface area (Å²) in [5.41, 5.74) is 0.651. The number of para-hydroxylation sites is 1. The van der Waals surface area contributed by atoms with Crippen LogP contribution in [0.2, 0.25) is 15.1 Å². The van der Waals surface area contributed by atoms with Gasteiger partial charge in [0.25, 0.3) is 21.5 Å². The Labute approximate surface area is 222 Å². The molecule has 1 aromatic heterocycles. The standard InChI is InChI=1S/C24H19Cl3N4O4S/c1-14-22(24(33)31(30(14)2)17-6-4-3-5-7-17)29-36(34,35)21-12-15(8-10-19(21)26)23(32)28-16-9-11-18(25)20(27)13-16/h3-13,29H,1-2H3,(H,28,32). The Balaban J connectivity index is 1.67. The molecule has 36 heavy (non-hydrogen) atoms. The summed E-state index contributed by atoms with van der Waals surface area (Å²) in [5, 5.41) is 3.07. The van der Waals surface area contributed by atoms with Gasteiger partial charge in [0.1, 0.15) is 10.6 Å². The number of amides is 1. The highest BCUT2D eigenvalue weighted by Gasteiger charge is 2.25. The largest absolute Gasteiger partial charge is 0.322 e. The number of aromatic nitrogens is 2. The number of nitrogens with zero attached hydrogens (tertiary/aromatic N) is 2. The van der Waals surface area contributed by atoms with E-state index in [1.54, 1.807) is 50.4 Å². The van der Waals surface area contributed by atoms with E-state index in [0.29, 0.717) is 22.1 Å². The van der Waals surface area contributed by atoms with E-state index in [0.717, 1.165) is 6.07 Å². The van der Waals surface area contributed by atoms with Crippen LogP contribution >= 0.6 is 34.8 Å². The fraction of sp³-hybridized carbons (Fsp3) is 0.0833. The molecule has 8 nitrogen and oxygen atoms in total. The van der Waals surface area contributed by atoms with E-state index < -0.39 is 21.5 Å². The van der Waals surface area contributed by atoms with Crippen molar-refractivity contribution in [2.24, 2.45) is 7.05 Å². The van der Waals surface area contributed by atoms with Gasteiger partial charge in [0, 0.05) is 18.3 Å². The van der Waals surface area contributed by atoms with Crippen molar-refractivity contribution in [1.82, 2.24) is 9.36 Å². The van der Waals surface area contributed by atoms with Crippen LogP contribution in [-0.2, 0) is 17.1 Å². The van der Waals surface area contributed by atoms with Crippen LogP contribution < -0.4 is 15.6 Å². The minimum Gasteiger partial charge on any atom is -0.322 e. The minimum absolute atomic E-state index is 0.0253. The molecule has 186 valence electrons. The Morgan fingerprint density at radius 2 is 1.56 bits per heavy atom. The van der Waals surface area contributed by atoms with Gasteiger partial charge < -0.3 is 5.32 Å². The Morgan fingerprint density at radius 3 is 2.22 bits per heavy atom. The Hall–Kier alpha value is -3.24. The number of carbonyl (C=O) groups is 1. The van der Waals surface area contributed by atoms with E-state index in [2.05, 4.69) is 10.0 Å². The van der Waals surface area contributed by atoms with Gasteiger partial charge in [-0.2, -0.15) is 0 Å². The smallest absolute Gasteiger partial charge is 0.296 e. The molecule has 12 heteroatoms. The maximum atomic E-state index is 13.3. The fourth-order valence-corrected chi connectivity index (χ4v) is 5.44. The molecule has 1 amide bonds. The van der Waals surface area contributed by atoms with Crippen LogP contribution in [0.4, 0.5) is 11.4 Å². The summed E-state index contributed by atoms with van der Waals surface area (Å²) in [6.45, 7) is 1.61. The van der Waals surface area contributed by atoms with Crippen molar-refractivity contribution < 1.29 is 13.2 Å². The first kappa shape index (κ1) is 25.8. The van der Waals surface area contributed by atoms with Gasteiger partial charge in [-0.15, -0.1) is 0 Å². The van der Waals surface area contributed by atoms with Gasteiger partial charge in [-0.25, -0.2) is 13.1 Å². The molecule has 0 atom stereocenters. The van der Waals surface area contributed by atoms with Gasteiger partial charge in [0.15, 0.2) is 0 Å². The molecular weight excluding hydrogens is 547 g/mol. The maximum Gasteiger partial charge on any atom is 0.296 e. The van der Waals surface area contributed by atoms with Gasteiger partial charge in [0.2, 0.25) is 0 Å². The Bertz CT molecular complexity index is 1650. The Morgan fingerprint density at radius 1 is 0.889 bits per heavy atom. The van der Waals surface area contributed by atoms with Crippen LogP contribution in [0, 0.1) is 6.92 Å². The van der Waals surface area contributed by atoms with Crippen molar-refractivity contribution in [1.29, 1.82) is 0 Å². The third-order valence-corrected chi connectivity index (χ3v) is 8.02. The average molecular weight is 566 g/mol. The van der Waals surface area contributed by atoms with Gasteiger partial charge in [0.05, 0.1) is 26.4 Å². The lowest BCUT2D eigenvalue weighted by Crippen LogP contribution is -2.23. The number of rotatable bonds is 6. The maximum absolute atomic E-state index is 13.3. The van der Waals surface area contributed by atoms with Crippen LogP contribution in [0.15, 0.2) is 76.4 Å². The van der Waals surface area contributed by atoms with E-state index in [9.17, 15) is 18.0 Å². The summed E-state index contributed by atoms with van der Waals surface area (Å²) >= 11 is 18.1. The zero-order valence-corrected chi connectivity index (χ0v) is 22.0. The summed E-state index contributed by atoms with van der Waals surface area (Å²) in [7, 11) is -2.70. The van der Waals surface area contributed by atoms with E-state index in [4.69, 9.17) is 34.8 Å². The van der Waals surface area contributed by atoms with Crippen molar-refractivity contribution in [3.63, 3.8) is 0 Å². The number of carbonyl (C=O) groups excluding carboxylic acids is 1. The second-order valence-corrected chi connectivity index (χ2v) is 10.6. The van der Waals surface area contributed by atoms with Gasteiger partial charge in [-0.1, -0.05) is 53.0 Å². The van der Waals surface area contributed by atoms with Gasteiger partial charge in [-0.3, -0.25) is 19.0 Å². The second-order valence-electron chi connectivity index (χ2n) is 7.77. The number of hydrogen-bond acceptors (Lipinski definition) is 4. The molecule has 0 aliphatic carbocycles. The lowest BCUT2D eigenvalue weighted by molar-refractivity contribution is 0.102. The molecular formula is C24H19Cl3N4O4S. The number of halogens is 3. The lowest BCUT2D eigenvalue weighted by atomic mass is 10.2. The van der Waals surface area contributed by atoms with Gasteiger partial charge in [-0.05, 0) is 55.5 Å². The molecule has 4 aromatic rings. The molecule has 0 aliphatic rings. The van der Waals surface area contributed by atoms with E-state index in [-0.39, 0.29) is 26.2 Å². The molecule has 4 rings (SSSR count). The summed E-state index contributed by atoms with van der Waals surface area (Å²) < 4.78 is 31.8. The highest BCUT2D eigenvalue weighted by molar-refractivity contribution is 7.92. The number of anilines is 2. The third kappa shape index (κ3) is 5.01. The molecule has 0 aliphatic heterocycles. The van der Waals surface area contributed by atoms with Gasteiger partial charge >= 0.3 is 0 Å². The topological polar surface area (TPSA) is 102 Å². The van der Waals surface area contributed by atoms with Crippen molar-refractivity contribution in [3.8, 4) is 5.69 Å². The molecule has 0 bridgehead atoms. The Kier molecular flexibility index (Phi) is 7.19. The van der Waals surface area contributed by atoms with Crippen LogP contribution in [0.25, 0.3) is 5.69 Å². The molecule has 0 radical (unpaired) electrons. The van der Waals surface area contributed by atoms with E-state index in [1.807, 2.05) is 0 Å². The number of hydrogen-bond donors (Lipinski definition) is 2. The van der Waals surface area contributed by atoms with Crippen LogP contribution in [0.1, 0.15) is 16.1 Å². The molecule has 3 aromatic carbocycles. The predicted octanol–water partition coefficient (Wildman–Crippen LogP) is 5.50. The zero-order valence-electron chi connectivity index (χ0n) is 18.9. The van der Waals surface area contributed by atoms with Crippen LogP contribution in [0.3, 0.4) is 0 Å². The first-order valence-electron chi connectivity index (χ1n) is 10.4. The summed E-state index contributed by atoms with van der Waals surface area (Å²) in [4.78, 5) is 25.5. The van der Waals surface area contributed by atoms with Crippen LogP contribution in [0.5, 0.6) is 0 Å². The first-order chi connectivity index (χ1) is 17.0. The molecule has 0 fully saturated rings. The molecule has 0 saturated carbocycles. The molecule has 0 spiro atoms. The van der Waals surface area contributed by atoms with E-state index in [1.165, 1.54) is 33.6 Å². The fourth-order valence-electron chi connectivity index (χ4n) is 3.50. The number of sulfonamides is 1. The molecule has 0 saturated heterocycles. The quantitative estimate of drug-likeness (QED) is 0.322. The molecule has 0 unspecified atom stereocenters. The zero-order chi connectivity index (χ0) is 26.2. The lowest BCUT2D eigenvalue weighted by Gasteiger charge is -2.11. The summed E-state index contributed by atoms with van der Waals surface area (Å²) in [5.74, 6) is -0.594. The molecule has 1 heterocycles. The summed E-state index contributed by atoms with van der Waals surface area (Å²) in [6.07, 6.45) is 0. The van der Waals surface area contributed by atoms with Crippen molar-refractivity contribution in [2.75, 3.05) is 10.0 Å². The highest BCUT2D eigenvalue weighted by atomic mass is 35.5. The average Bonchev–Trinajstić information content (AvgIpc) is 3.04. The monoisotopic (exact) mass is 564 g/mol. The minimum atomic E-state index is -4.34. The van der Waals surface area contributed by atoms with Crippen molar-refractivity contribution in [2.45, 2.75) is 11.8 Å². The summed E-state index contributed by atoms with van der Waals surface area (Å²) in [6, 6.07) is 17.1. The number of benzene rings is 3. The number of nitrogens with one attached hydrogen (secondary N) is 2. The third-order valence-electron chi connectivity index (χ3n) is 5.45. The first-order valence-corrected chi connectivity index (χ1v) is 13.0. The predicted molar refractivity (Wildman–Crippen MR) is 142 cm³/mol. The van der Waals surface area contributed by atoms with Crippen LogP contribution in [-0.4, -0.2) is 23.7 Å². The van der Waals surface area contributed by atoms with Crippen molar-refractivity contribution >= 4 is 62.1 Å². The SMILES string of the molecule is Cc1c(NS(=O)(=O)c2cc(C(=O)Nc3ccc(Cl)c(Cl)c3)ccc2Cl)c(=O)n(-c2ccccc2)n1C. The second kappa shape index (κ2) is 10.0.